The summed E-state index contributed by atoms with van der Waals surface area (Å²) in [5, 5.41) is 0. The normalized spacial score (nSPS) is 19.1. The largest absolute Gasteiger partial charge is 0.496 e. The van der Waals surface area contributed by atoms with E-state index in [0.717, 1.165) is 28.6 Å². The van der Waals surface area contributed by atoms with Crippen LogP contribution in [0.3, 0.4) is 0 Å². The summed E-state index contributed by atoms with van der Waals surface area (Å²) in [5.74, 6) is 1.87. The highest BCUT2D eigenvalue weighted by Gasteiger charge is 2.25. The molecule has 1 aliphatic heterocycles. The lowest BCUT2D eigenvalue weighted by molar-refractivity contribution is 0.0751. The van der Waals surface area contributed by atoms with Crippen LogP contribution in [-0.2, 0) is 12.3 Å². The SMILES string of the molecule is COc1ccc(Br)cc1CSc1ccccc1CN1CCN(C2CCCCC2)CC1. The van der Waals surface area contributed by atoms with Gasteiger partial charge >= 0.3 is 0 Å². The zero-order valence-corrected chi connectivity index (χ0v) is 20.4. The molecule has 2 fully saturated rings. The Hall–Kier alpha value is -1.01. The molecule has 1 heterocycles. The van der Waals surface area contributed by atoms with Crippen LogP contribution in [-0.4, -0.2) is 49.1 Å². The molecule has 2 aliphatic rings. The minimum Gasteiger partial charge on any atom is -0.496 e. The van der Waals surface area contributed by atoms with Crippen LogP contribution in [0.2, 0.25) is 0 Å². The molecule has 0 aromatic heterocycles. The van der Waals surface area contributed by atoms with Gasteiger partial charge in [0, 0.05) is 59.5 Å². The first-order valence-corrected chi connectivity index (χ1v) is 13.0. The monoisotopic (exact) mass is 488 g/mol. The Morgan fingerprint density at radius 1 is 0.967 bits per heavy atom. The molecule has 0 unspecified atom stereocenters. The van der Waals surface area contributed by atoms with Gasteiger partial charge in [-0.1, -0.05) is 53.4 Å². The zero-order chi connectivity index (χ0) is 20.8. The van der Waals surface area contributed by atoms with Crippen molar-refractivity contribution in [2.24, 2.45) is 0 Å². The minimum absolute atomic E-state index is 0.851. The third-order valence-corrected chi connectivity index (χ3v) is 8.15. The van der Waals surface area contributed by atoms with Crippen molar-refractivity contribution in [3.05, 3.63) is 58.1 Å². The Balaban J connectivity index is 1.34. The fourth-order valence-corrected chi connectivity index (χ4v) is 6.20. The first kappa shape index (κ1) is 22.2. The van der Waals surface area contributed by atoms with Crippen LogP contribution >= 0.6 is 27.7 Å². The summed E-state index contributed by atoms with van der Waals surface area (Å²) in [7, 11) is 1.75. The number of halogens is 1. The van der Waals surface area contributed by atoms with E-state index in [0.29, 0.717) is 0 Å². The standard InChI is InChI=1S/C25H33BrN2OS/c1-29-24-12-11-22(26)17-21(24)19-30-25-10-6-5-7-20(25)18-27-13-15-28(16-14-27)23-8-3-2-4-9-23/h5-7,10-12,17,23H,2-4,8-9,13-16,18-19H2,1H3. The molecule has 1 saturated carbocycles. The Labute approximate surface area is 194 Å². The van der Waals surface area contributed by atoms with Crippen LogP contribution in [0.5, 0.6) is 5.75 Å². The second-order valence-corrected chi connectivity index (χ2v) is 10.4. The van der Waals surface area contributed by atoms with Gasteiger partial charge in [-0.3, -0.25) is 9.80 Å². The molecule has 1 aliphatic carbocycles. The molecule has 0 N–H and O–H groups in total. The summed E-state index contributed by atoms with van der Waals surface area (Å²) < 4.78 is 6.65. The molecular formula is C25H33BrN2OS. The van der Waals surface area contributed by atoms with Gasteiger partial charge in [0.25, 0.3) is 0 Å². The summed E-state index contributed by atoms with van der Waals surface area (Å²) >= 11 is 5.50. The first-order valence-electron chi connectivity index (χ1n) is 11.2. The van der Waals surface area contributed by atoms with Crippen molar-refractivity contribution in [1.29, 1.82) is 0 Å². The summed E-state index contributed by atoms with van der Waals surface area (Å²) in [6.07, 6.45) is 7.13. The summed E-state index contributed by atoms with van der Waals surface area (Å²) in [6, 6.07) is 16.0. The number of benzene rings is 2. The number of hydrogen-bond donors (Lipinski definition) is 0. The average molecular weight is 490 g/mol. The van der Waals surface area contributed by atoms with Crippen molar-refractivity contribution in [1.82, 2.24) is 9.80 Å². The smallest absolute Gasteiger partial charge is 0.122 e. The maximum absolute atomic E-state index is 5.55. The molecule has 0 atom stereocenters. The Morgan fingerprint density at radius 2 is 1.73 bits per heavy atom. The molecule has 30 heavy (non-hydrogen) atoms. The van der Waals surface area contributed by atoms with Crippen LogP contribution in [0, 0.1) is 0 Å². The summed E-state index contributed by atoms with van der Waals surface area (Å²) in [5.41, 5.74) is 2.68. The van der Waals surface area contributed by atoms with Gasteiger partial charge < -0.3 is 4.74 Å². The lowest BCUT2D eigenvalue weighted by Gasteiger charge is -2.41. The molecule has 2 aromatic rings. The van der Waals surface area contributed by atoms with E-state index in [1.807, 2.05) is 23.9 Å². The van der Waals surface area contributed by atoms with Gasteiger partial charge in [0.05, 0.1) is 7.11 Å². The van der Waals surface area contributed by atoms with Crippen molar-refractivity contribution in [2.45, 2.75) is 55.3 Å². The zero-order valence-electron chi connectivity index (χ0n) is 18.0. The van der Waals surface area contributed by atoms with Gasteiger partial charge in [-0.05, 0) is 42.7 Å². The number of ether oxygens (including phenoxy) is 1. The predicted octanol–water partition coefficient (Wildman–Crippen LogP) is 6.20. The van der Waals surface area contributed by atoms with Crippen LogP contribution in [0.15, 0.2) is 51.8 Å². The van der Waals surface area contributed by atoms with Crippen LogP contribution in [0.4, 0.5) is 0 Å². The maximum Gasteiger partial charge on any atom is 0.122 e. The average Bonchev–Trinajstić information content (AvgIpc) is 2.80. The predicted molar refractivity (Wildman–Crippen MR) is 130 cm³/mol. The number of nitrogens with zero attached hydrogens (tertiary/aromatic N) is 2. The minimum atomic E-state index is 0.851. The quantitative estimate of drug-likeness (QED) is 0.430. The van der Waals surface area contributed by atoms with Gasteiger partial charge in [0.15, 0.2) is 0 Å². The molecule has 0 amide bonds. The van der Waals surface area contributed by atoms with Crippen LogP contribution in [0.1, 0.15) is 43.2 Å². The Bertz CT molecular complexity index is 817. The van der Waals surface area contributed by atoms with Gasteiger partial charge in [-0.25, -0.2) is 0 Å². The van der Waals surface area contributed by atoms with Crippen molar-refractivity contribution in [3.63, 3.8) is 0 Å². The molecule has 0 spiro atoms. The second-order valence-electron chi connectivity index (χ2n) is 8.46. The topological polar surface area (TPSA) is 15.7 Å². The summed E-state index contributed by atoms with van der Waals surface area (Å²) in [6.45, 7) is 5.89. The maximum atomic E-state index is 5.55. The number of piperazine rings is 1. The molecule has 5 heteroatoms. The van der Waals surface area contributed by atoms with E-state index < -0.39 is 0 Å². The molecule has 0 radical (unpaired) electrons. The highest BCUT2D eigenvalue weighted by Crippen LogP contribution is 2.32. The lowest BCUT2D eigenvalue weighted by atomic mass is 9.94. The molecular weight excluding hydrogens is 456 g/mol. The van der Waals surface area contributed by atoms with E-state index in [9.17, 15) is 0 Å². The molecule has 162 valence electrons. The fourth-order valence-electron chi connectivity index (χ4n) is 4.76. The van der Waals surface area contributed by atoms with E-state index in [-0.39, 0.29) is 0 Å². The third-order valence-electron chi connectivity index (χ3n) is 6.49. The van der Waals surface area contributed by atoms with Crippen LogP contribution in [0.25, 0.3) is 0 Å². The van der Waals surface area contributed by atoms with Crippen molar-refractivity contribution >= 4 is 27.7 Å². The first-order chi connectivity index (χ1) is 14.7. The fraction of sp³-hybridized carbons (Fsp3) is 0.520. The molecule has 4 rings (SSSR count). The highest BCUT2D eigenvalue weighted by molar-refractivity contribution is 9.10. The second kappa shape index (κ2) is 11.0. The van der Waals surface area contributed by atoms with Gasteiger partial charge in [-0.15, -0.1) is 11.8 Å². The van der Waals surface area contributed by atoms with E-state index >= 15 is 0 Å². The van der Waals surface area contributed by atoms with E-state index in [2.05, 4.69) is 56.1 Å². The lowest BCUT2D eigenvalue weighted by Crippen LogP contribution is -2.50. The van der Waals surface area contributed by atoms with E-state index in [1.165, 1.54) is 74.3 Å². The number of hydrogen-bond acceptors (Lipinski definition) is 4. The number of methoxy groups -OCH3 is 1. The summed E-state index contributed by atoms with van der Waals surface area (Å²) in [4.78, 5) is 6.78. The highest BCUT2D eigenvalue weighted by atomic mass is 79.9. The molecule has 2 aromatic carbocycles. The number of thioether (sulfide) groups is 1. The van der Waals surface area contributed by atoms with Crippen molar-refractivity contribution in [3.8, 4) is 5.75 Å². The molecule has 1 saturated heterocycles. The van der Waals surface area contributed by atoms with Crippen molar-refractivity contribution < 1.29 is 4.74 Å². The Morgan fingerprint density at radius 3 is 2.50 bits per heavy atom. The van der Waals surface area contributed by atoms with E-state index in [4.69, 9.17) is 4.74 Å². The van der Waals surface area contributed by atoms with Crippen LogP contribution < -0.4 is 4.74 Å². The van der Waals surface area contributed by atoms with Gasteiger partial charge in [0.1, 0.15) is 5.75 Å². The third kappa shape index (κ3) is 5.82. The van der Waals surface area contributed by atoms with E-state index in [1.54, 1.807) is 7.11 Å². The van der Waals surface area contributed by atoms with Crippen molar-refractivity contribution in [2.75, 3.05) is 33.3 Å². The molecule has 0 bridgehead atoms. The molecule has 3 nitrogen and oxygen atoms in total. The Kier molecular flexibility index (Phi) is 8.16. The van der Waals surface area contributed by atoms with Gasteiger partial charge in [-0.2, -0.15) is 0 Å². The number of rotatable bonds is 7. The van der Waals surface area contributed by atoms with Gasteiger partial charge in [0.2, 0.25) is 0 Å².